The van der Waals surface area contributed by atoms with E-state index in [-0.39, 0.29) is 12.4 Å². The molecule has 0 aliphatic rings. The third-order valence-electron chi connectivity index (χ3n) is 2.93. The Morgan fingerprint density at radius 1 is 1.26 bits per heavy atom. The number of hydrogen-bond acceptors (Lipinski definition) is 1. The van der Waals surface area contributed by atoms with Gasteiger partial charge in [-0.25, -0.2) is 4.57 Å². The molecule has 2 aromatic rings. The molecule has 0 amide bonds. The summed E-state index contributed by atoms with van der Waals surface area (Å²) in [4.78, 5) is 0. The Balaban J connectivity index is 0.00000180. The van der Waals surface area contributed by atoms with Crippen LogP contribution >= 0.6 is 11.6 Å². The molecule has 0 atom stereocenters. The highest BCUT2D eigenvalue weighted by atomic mass is 35.5. The second-order valence-corrected chi connectivity index (χ2v) is 4.89. The summed E-state index contributed by atoms with van der Waals surface area (Å²) in [5.74, 6) is 0. The maximum atomic E-state index is 6.14. The first kappa shape index (κ1) is 16.0. The smallest absolute Gasteiger partial charge is 0.265 e. The van der Waals surface area contributed by atoms with Gasteiger partial charge in [-0.3, -0.25) is 0 Å². The summed E-state index contributed by atoms with van der Waals surface area (Å²) in [5, 5.41) is 5.16. The van der Waals surface area contributed by atoms with Crippen LogP contribution in [-0.2, 0) is 13.1 Å². The maximum Gasteiger partial charge on any atom is 0.265 e. The zero-order valence-corrected chi connectivity index (χ0v) is 12.6. The Labute approximate surface area is 125 Å². The van der Waals surface area contributed by atoms with Gasteiger partial charge in [0.2, 0.25) is 6.33 Å². The monoisotopic (exact) mass is 299 g/mol. The molecule has 0 aliphatic heterocycles. The van der Waals surface area contributed by atoms with E-state index in [2.05, 4.69) is 16.6 Å². The van der Waals surface area contributed by atoms with Crippen LogP contribution in [0.1, 0.15) is 31.7 Å². The number of hydrogen-bond donors (Lipinski definition) is 0. The van der Waals surface area contributed by atoms with Crippen LogP contribution in [0.25, 0.3) is 0 Å². The van der Waals surface area contributed by atoms with Crippen LogP contribution < -0.4 is 17.0 Å². The molecule has 0 saturated carbocycles. The first-order chi connectivity index (χ1) is 8.79. The minimum Gasteiger partial charge on any atom is -1.00 e. The van der Waals surface area contributed by atoms with E-state index >= 15 is 0 Å². The molecular formula is C14H19Cl2N3. The van der Waals surface area contributed by atoms with E-state index in [1.165, 1.54) is 19.3 Å². The van der Waals surface area contributed by atoms with Crippen molar-refractivity contribution in [1.29, 1.82) is 0 Å². The van der Waals surface area contributed by atoms with Crippen molar-refractivity contribution in [2.24, 2.45) is 0 Å². The summed E-state index contributed by atoms with van der Waals surface area (Å²) in [6.07, 6.45) is 7.57. The number of rotatable bonds is 6. The minimum absolute atomic E-state index is 0. The Morgan fingerprint density at radius 2 is 2.05 bits per heavy atom. The van der Waals surface area contributed by atoms with E-state index in [1.54, 1.807) is 0 Å². The van der Waals surface area contributed by atoms with Crippen molar-refractivity contribution in [3.05, 3.63) is 47.5 Å². The van der Waals surface area contributed by atoms with Crippen molar-refractivity contribution in [1.82, 2.24) is 9.78 Å². The van der Waals surface area contributed by atoms with Crippen molar-refractivity contribution >= 4 is 11.6 Å². The highest BCUT2D eigenvalue weighted by Gasteiger charge is 2.07. The molecule has 5 heteroatoms. The Morgan fingerprint density at radius 3 is 2.79 bits per heavy atom. The summed E-state index contributed by atoms with van der Waals surface area (Å²) in [6.45, 7) is 3.97. The third-order valence-corrected chi connectivity index (χ3v) is 3.30. The fourth-order valence-corrected chi connectivity index (χ4v) is 2.10. The van der Waals surface area contributed by atoms with Gasteiger partial charge in [0.1, 0.15) is 6.54 Å². The number of halogens is 2. The van der Waals surface area contributed by atoms with Gasteiger partial charge in [0.15, 0.2) is 0 Å². The van der Waals surface area contributed by atoms with Crippen molar-refractivity contribution in [2.45, 2.75) is 39.3 Å². The highest BCUT2D eigenvalue weighted by molar-refractivity contribution is 6.31. The average molecular weight is 300 g/mol. The average Bonchev–Trinajstić information content (AvgIpc) is 2.80. The molecule has 1 aromatic heterocycles. The highest BCUT2D eigenvalue weighted by Crippen LogP contribution is 2.13. The van der Waals surface area contributed by atoms with Gasteiger partial charge in [0, 0.05) is 15.7 Å². The van der Waals surface area contributed by atoms with E-state index in [1.807, 2.05) is 41.6 Å². The van der Waals surface area contributed by atoms with Gasteiger partial charge >= 0.3 is 0 Å². The molecule has 0 spiro atoms. The Hall–Kier alpha value is -1.06. The zero-order valence-electron chi connectivity index (χ0n) is 11.1. The lowest BCUT2D eigenvalue weighted by molar-refractivity contribution is -0.689. The van der Waals surface area contributed by atoms with E-state index in [0.29, 0.717) is 0 Å². The third kappa shape index (κ3) is 4.84. The minimum atomic E-state index is 0. The molecule has 19 heavy (non-hydrogen) atoms. The molecule has 0 saturated heterocycles. The lowest BCUT2D eigenvalue weighted by Gasteiger charge is -2.00. The van der Waals surface area contributed by atoms with Crippen molar-refractivity contribution in [3.63, 3.8) is 0 Å². The summed E-state index contributed by atoms with van der Waals surface area (Å²) in [6, 6.07) is 7.92. The molecule has 1 aromatic carbocycles. The van der Waals surface area contributed by atoms with Gasteiger partial charge in [-0.05, 0) is 12.5 Å². The first-order valence-electron chi connectivity index (χ1n) is 6.44. The zero-order chi connectivity index (χ0) is 12.8. The second kappa shape index (κ2) is 8.18. The molecular weight excluding hydrogens is 281 g/mol. The van der Waals surface area contributed by atoms with E-state index in [4.69, 9.17) is 11.6 Å². The number of aryl methyl sites for hydroxylation is 1. The fourth-order valence-electron chi connectivity index (χ4n) is 1.91. The van der Waals surface area contributed by atoms with Crippen molar-refractivity contribution in [3.8, 4) is 0 Å². The quantitative estimate of drug-likeness (QED) is 0.546. The predicted octanol–water partition coefficient (Wildman–Crippen LogP) is 0.0665. The van der Waals surface area contributed by atoms with E-state index < -0.39 is 0 Å². The number of unbranched alkanes of at least 4 members (excludes halogenated alkanes) is 2. The normalized spacial score (nSPS) is 10.2. The SMILES string of the molecule is CCCCCn1c[n+](Cc2ccccc2Cl)cn1.[Cl-]. The molecule has 0 bridgehead atoms. The maximum absolute atomic E-state index is 6.14. The van der Waals surface area contributed by atoms with Gasteiger partial charge < -0.3 is 12.4 Å². The summed E-state index contributed by atoms with van der Waals surface area (Å²) >= 11 is 6.14. The first-order valence-corrected chi connectivity index (χ1v) is 6.82. The van der Waals surface area contributed by atoms with Gasteiger partial charge in [-0.1, -0.05) is 49.6 Å². The number of benzene rings is 1. The Kier molecular flexibility index (Phi) is 6.89. The van der Waals surface area contributed by atoms with Gasteiger partial charge in [0.05, 0.1) is 6.54 Å². The molecule has 2 rings (SSSR count). The summed E-state index contributed by atoms with van der Waals surface area (Å²) in [5.41, 5.74) is 1.12. The fraction of sp³-hybridized carbons (Fsp3) is 0.429. The van der Waals surface area contributed by atoms with Crippen molar-refractivity contribution < 1.29 is 17.0 Å². The molecule has 0 radical (unpaired) electrons. The van der Waals surface area contributed by atoms with Gasteiger partial charge in [-0.15, -0.1) is 4.68 Å². The summed E-state index contributed by atoms with van der Waals surface area (Å²) < 4.78 is 4.06. The Bertz CT molecular complexity index is 497. The topological polar surface area (TPSA) is 21.7 Å². The van der Waals surface area contributed by atoms with Crippen LogP contribution in [0.15, 0.2) is 36.9 Å². The lowest BCUT2D eigenvalue weighted by Crippen LogP contribution is -3.00. The standard InChI is InChI=1S/C14H19ClN3.ClH/c1-2-3-6-9-18-12-17(11-16-18)10-13-7-4-5-8-14(13)15;/h4-5,7-8,11-12H,2-3,6,9-10H2,1H3;1H/q+1;/p-1. The molecule has 3 nitrogen and oxygen atoms in total. The molecule has 0 aliphatic carbocycles. The number of aromatic nitrogens is 3. The lowest BCUT2D eigenvalue weighted by atomic mass is 10.2. The molecule has 0 unspecified atom stereocenters. The van der Waals surface area contributed by atoms with E-state index in [0.717, 1.165) is 23.7 Å². The van der Waals surface area contributed by atoms with Gasteiger partial charge in [0.25, 0.3) is 6.33 Å². The van der Waals surface area contributed by atoms with Crippen LogP contribution in [0, 0.1) is 0 Å². The predicted molar refractivity (Wildman–Crippen MR) is 72.5 cm³/mol. The van der Waals surface area contributed by atoms with Crippen LogP contribution in [0.5, 0.6) is 0 Å². The molecule has 0 N–H and O–H groups in total. The van der Waals surface area contributed by atoms with Crippen molar-refractivity contribution in [2.75, 3.05) is 0 Å². The van der Waals surface area contributed by atoms with Crippen LogP contribution in [0.3, 0.4) is 0 Å². The van der Waals surface area contributed by atoms with Crippen LogP contribution in [-0.4, -0.2) is 9.78 Å². The summed E-state index contributed by atoms with van der Waals surface area (Å²) in [7, 11) is 0. The second-order valence-electron chi connectivity index (χ2n) is 4.48. The van der Waals surface area contributed by atoms with Crippen LogP contribution in [0.4, 0.5) is 0 Å². The molecule has 0 fully saturated rings. The van der Waals surface area contributed by atoms with Gasteiger partial charge in [-0.2, -0.15) is 0 Å². The largest absolute Gasteiger partial charge is 1.00 e. The number of nitrogens with zero attached hydrogens (tertiary/aromatic N) is 3. The molecule has 1 heterocycles. The molecule has 104 valence electrons. The van der Waals surface area contributed by atoms with E-state index in [9.17, 15) is 0 Å². The van der Waals surface area contributed by atoms with Crippen LogP contribution in [0.2, 0.25) is 5.02 Å².